The zero-order valence-corrected chi connectivity index (χ0v) is 9.87. The van der Waals surface area contributed by atoms with E-state index in [0.29, 0.717) is 5.69 Å². The Balaban J connectivity index is 2.77. The van der Waals surface area contributed by atoms with Crippen molar-refractivity contribution in [2.45, 2.75) is 6.10 Å². The summed E-state index contributed by atoms with van der Waals surface area (Å²) < 4.78 is 12.8. The van der Waals surface area contributed by atoms with E-state index in [1.54, 1.807) is 0 Å². The Morgan fingerprint density at radius 3 is 2.33 bits per heavy atom. The molecule has 0 aliphatic heterocycles. The molecule has 0 saturated heterocycles. The number of halogens is 4. The van der Waals surface area contributed by atoms with E-state index in [1.165, 1.54) is 0 Å². The maximum Gasteiger partial charge on any atom is 0.126 e. The molecule has 0 aromatic heterocycles. The zero-order chi connectivity index (χ0) is 11.4. The Bertz CT molecular complexity index is 325. The Morgan fingerprint density at radius 2 is 1.87 bits per heavy atom. The fourth-order valence-electron chi connectivity index (χ4n) is 0.986. The van der Waals surface area contributed by atoms with Crippen LogP contribution in [0.1, 0.15) is 0 Å². The van der Waals surface area contributed by atoms with Crippen LogP contribution in [-0.2, 0) is 0 Å². The average Bonchev–Trinajstić information content (AvgIpc) is 2.15. The van der Waals surface area contributed by atoms with Crippen LogP contribution in [0.2, 0.25) is 10.0 Å². The predicted molar refractivity (Wildman–Crippen MR) is 61.6 cm³/mol. The van der Waals surface area contributed by atoms with E-state index in [2.05, 4.69) is 5.32 Å². The lowest BCUT2D eigenvalue weighted by Gasteiger charge is -2.12. The second-order valence-corrected chi connectivity index (χ2v) is 4.06. The first-order chi connectivity index (χ1) is 7.04. The third kappa shape index (κ3) is 3.68. The summed E-state index contributed by atoms with van der Waals surface area (Å²) >= 11 is 16.9. The second kappa shape index (κ2) is 5.75. The molecule has 0 heterocycles. The average molecular weight is 273 g/mol. The number of rotatable bonds is 4. The van der Waals surface area contributed by atoms with Crippen molar-refractivity contribution in [1.82, 2.24) is 0 Å². The van der Waals surface area contributed by atoms with Crippen LogP contribution in [0.15, 0.2) is 12.1 Å². The molecule has 2 N–H and O–H groups in total. The van der Waals surface area contributed by atoms with E-state index in [0.717, 1.165) is 12.1 Å². The molecular formula is C9H9Cl3FNO. The minimum atomic E-state index is -0.705. The van der Waals surface area contributed by atoms with Crippen molar-refractivity contribution in [3.63, 3.8) is 0 Å². The van der Waals surface area contributed by atoms with Crippen LogP contribution in [0.25, 0.3) is 0 Å². The van der Waals surface area contributed by atoms with E-state index in [-0.39, 0.29) is 22.5 Å². The van der Waals surface area contributed by atoms with Crippen molar-refractivity contribution in [1.29, 1.82) is 0 Å². The van der Waals surface area contributed by atoms with Gasteiger partial charge >= 0.3 is 0 Å². The lowest BCUT2D eigenvalue weighted by atomic mass is 10.3. The predicted octanol–water partition coefficient (Wildman–Crippen LogP) is 3.14. The summed E-state index contributed by atoms with van der Waals surface area (Å²) in [5, 5.41) is 12.3. The molecule has 1 atom stereocenters. The molecule has 0 aliphatic rings. The number of aliphatic hydroxyl groups is 1. The summed E-state index contributed by atoms with van der Waals surface area (Å²) in [5.41, 5.74) is 0.393. The molecule has 0 saturated carbocycles. The quantitative estimate of drug-likeness (QED) is 0.825. The first-order valence-electron chi connectivity index (χ1n) is 4.17. The molecule has 0 bridgehead atoms. The summed E-state index contributed by atoms with van der Waals surface area (Å²) in [7, 11) is 0. The van der Waals surface area contributed by atoms with E-state index >= 15 is 0 Å². The molecule has 0 aliphatic carbocycles. The fraction of sp³-hybridized carbons (Fsp3) is 0.333. The number of alkyl halides is 1. The van der Waals surface area contributed by atoms with Gasteiger partial charge in [0.05, 0.1) is 27.7 Å². The Hall–Kier alpha value is -0.220. The number of benzene rings is 1. The lowest BCUT2D eigenvalue weighted by molar-refractivity contribution is 0.211. The highest BCUT2D eigenvalue weighted by atomic mass is 35.5. The monoisotopic (exact) mass is 271 g/mol. The molecular weight excluding hydrogens is 263 g/mol. The van der Waals surface area contributed by atoms with E-state index < -0.39 is 11.9 Å². The van der Waals surface area contributed by atoms with Gasteiger partial charge in [-0.3, -0.25) is 0 Å². The minimum absolute atomic E-state index is 0.101. The number of hydrogen-bond acceptors (Lipinski definition) is 2. The lowest BCUT2D eigenvalue weighted by Crippen LogP contribution is -2.21. The van der Waals surface area contributed by atoms with Crippen LogP contribution >= 0.6 is 34.8 Å². The molecule has 15 heavy (non-hydrogen) atoms. The molecule has 1 aromatic carbocycles. The van der Waals surface area contributed by atoms with Crippen LogP contribution in [0.5, 0.6) is 0 Å². The van der Waals surface area contributed by atoms with Gasteiger partial charge in [-0.15, -0.1) is 11.6 Å². The number of anilines is 1. The van der Waals surface area contributed by atoms with Crippen molar-refractivity contribution in [3.05, 3.63) is 28.0 Å². The normalized spacial score (nSPS) is 12.6. The molecule has 1 rings (SSSR count). The van der Waals surface area contributed by atoms with E-state index in [9.17, 15) is 9.50 Å². The SMILES string of the molecule is OC(CCl)CNc1c(Cl)cc(F)cc1Cl. The number of aliphatic hydroxyl groups excluding tert-OH is 1. The minimum Gasteiger partial charge on any atom is -0.390 e. The van der Waals surface area contributed by atoms with Crippen molar-refractivity contribution in [2.75, 3.05) is 17.7 Å². The van der Waals surface area contributed by atoms with Gasteiger partial charge in [-0.1, -0.05) is 23.2 Å². The van der Waals surface area contributed by atoms with Gasteiger partial charge in [-0.25, -0.2) is 4.39 Å². The molecule has 0 spiro atoms. The van der Waals surface area contributed by atoms with Crippen molar-refractivity contribution >= 4 is 40.5 Å². The zero-order valence-electron chi connectivity index (χ0n) is 7.61. The molecule has 1 unspecified atom stereocenters. The number of nitrogens with one attached hydrogen (secondary N) is 1. The third-order valence-corrected chi connectivity index (χ3v) is 2.65. The highest BCUT2D eigenvalue weighted by molar-refractivity contribution is 6.39. The van der Waals surface area contributed by atoms with Gasteiger partial charge in [-0.2, -0.15) is 0 Å². The summed E-state index contributed by atoms with van der Waals surface area (Å²) in [5.74, 6) is -0.405. The van der Waals surface area contributed by atoms with Crippen LogP contribution in [0.4, 0.5) is 10.1 Å². The van der Waals surface area contributed by atoms with Crippen LogP contribution < -0.4 is 5.32 Å². The van der Waals surface area contributed by atoms with Crippen LogP contribution in [-0.4, -0.2) is 23.6 Å². The van der Waals surface area contributed by atoms with Gasteiger partial charge in [0.1, 0.15) is 5.82 Å². The summed E-state index contributed by atoms with van der Waals surface area (Å²) in [6.07, 6.45) is -0.705. The second-order valence-electron chi connectivity index (χ2n) is 2.93. The summed E-state index contributed by atoms with van der Waals surface area (Å²) in [6, 6.07) is 2.28. The molecule has 0 fully saturated rings. The number of hydrogen-bond donors (Lipinski definition) is 2. The van der Waals surface area contributed by atoms with Crippen molar-refractivity contribution in [3.8, 4) is 0 Å². The Morgan fingerprint density at radius 1 is 1.33 bits per heavy atom. The van der Waals surface area contributed by atoms with E-state index in [1.807, 2.05) is 0 Å². The highest BCUT2D eigenvalue weighted by Gasteiger charge is 2.09. The van der Waals surface area contributed by atoms with Gasteiger partial charge in [0.25, 0.3) is 0 Å². The molecule has 1 aromatic rings. The fourth-order valence-corrected chi connectivity index (χ4v) is 1.69. The smallest absolute Gasteiger partial charge is 0.126 e. The molecule has 2 nitrogen and oxygen atoms in total. The van der Waals surface area contributed by atoms with Gasteiger partial charge < -0.3 is 10.4 Å². The van der Waals surface area contributed by atoms with Crippen LogP contribution in [0.3, 0.4) is 0 Å². The first kappa shape index (κ1) is 12.8. The topological polar surface area (TPSA) is 32.3 Å². The summed E-state index contributed by atoms with van der Waals surface area (Å²) in [4.78, 5) is 0. The first-order valence-corrected chi connectivity index (χ1v) is 5.46. The molecule has 84 valence electrons. The standard InChI is InChI=1S/C9H9Cl3FNO/c10-3-6(15)4-14-9-7(11)1-5(13)2-8(9)12/h1-2,6,14-15H,3-4H2. The van der Waals surface area contributed by atoms with Gasteiger partial charge in [0.15, 0.2) is 0 Å². The van der Waals surface area contributed by atoms with Gasteiger partial charge in [0.2, 0.25) is 0 Å². The third-order valence-electron chi connectivity index (χ3n) is 1.70. The molecule has 0 amide bonds. The maximum absolute atomic E-state index is 12.8. The summed E-state index contributed by atoms with van der Waals surface area (Å²) in [6.45, 7) is 0.203. The Kier molecular flexibility index (Phi) is 4.93. The van der Waals surface area contributed by atoms with E-state index in [4.69, 9.17) is 34.8 Å². The van der Waals surface area contributed by atoms with Crippen molar-refractivity contribution in [2.24, 2.45) is 0 Å². The largest absolute Gasteiger partial charge is 0.390 e. The maximum atomic E-state index is 12.8. The van der Waals surface area contributed by atoms with Gasteiger partial charge in [-0.05, 0) is 12.1 Å². The molecule has 6 heteroatoms. The Labute approximate surface area is 102 Å². The van der Waals surface area contributed by atoms with Gasteiger partial charge in [0, 0.05) is 6.54 Å². The van der Waals surface area contributed by atoms with Crippen molar-refractivity contribution < 1.29 is 9.50 Å². The van der Waals surface area contributed by atoms with Crippen LogP contribution in [0, 0.1) is 5.82 Å². The highest BCUT2D eigenvalue weighted by Crippen LogP contribution is 2.31. The molecule has 0 radical (unpaired) electrons.